The summed E-state index contributed by atoms with van der Waals surface area (Å²) in [6.45, 7) is 2.58. The van der Waals surface area contributed by atoms with E-state index in [1.165, 1.54) is 10.5 Å². The summed E-state index contributed by atoms with van der Waals surface area (Å²) in [6, 6.07) is 25.3. The fourth-order valence-electron chi connectivity index (χ4n) is 3.02. The van der Waals surface area contributed by atoms with E-state index in [9.17, 15) is 4.79 Å². The molecule has 0 radical (unpaired) electrons. The lowest BCUT2D eigenvalue weighted by Crippen LogP contribution is -2.30. The van der Waals surface area contributed by atoms with Crippen molar-refractivity contribution in [1.82, 2.24) is 5.32 Å². The van der Waals surface area contributed by atoms with Crippen LogP contribution in [0.25, 0.3) is 6.08 Å². The summed E-state index contributed by atoms with van der Waals surface area (Å²) in [5.41, 5.74) is 4.44. The first-order chi connectivity index (χ1) is 14.1. The number of carbonyl (C=O) groups is 1. The van der Waals surface area contributed by atoms with Crippen molar-refractivity contribution in [3.8, 4) is 5.75 Å². The van der Waals surface area contributed by atoms with Crippen LogP contribution in [-0.4, -0.2) is 11.0 Å². The van der Waals surface area contributed by atoms with Gasteiger partial charge in [-0.3, -0.25) is 9.69 Å². The van der Waals surface area contributed by atoms with E-state index in [1.54, 1.807) is 6.08 Å². The van der Waals surface area contributed by atoms with Crippen LogP contribution in [0.5, 0.6) is 5.75 Å². The molecular formula is C24H20N2O2S. The monoisotopic (exact) mass is 400 g/mol. The molecule has 0 bridgehead atoms. The molecule has 1 amide bonds. The lowest BCUT2D eigenvalue weighted by Gasteiger charge is -2.13. The second-order valence-corrected chi connectivity index (χ2v) is 7.19. The van der Waals surface area contributed by atoms with Crippen LogP contribution < -0.4 is 15.0 Å². The molecule has 3 aromatic carbocycles. The van der Waals surface area contributed by atoms with Gasteiger partial charge in [0.05, 0.1) is 5.69 Å². The van der Waals surface area contributed by atoms with E-state index in [1.807, 2.05) is 54.6 Å². The van der Waals surface area contributed by atoms with Crippen molar-refractivity contribution in [2.75, 3.05) is 4.90 Å². The van der Waals surface area contributed by atoms with E-state index >= 15 is 0 Å². The number of nitrogens with zero attached hydrogens (tertiary/aromatic N) is 1. The highest BCUT2D eigenvalue weighted by Gasteiger charge is 2.31. The molecule has 1 fully saturated rings. The number of hydrogen-bond acceptors (Lipinski definition) is 3. The molecule has 4 rings (SSSR count). The maximum atomic E-state index is 12.8. The Bertz CT molecular complexity index is 1060. The predicted molar refractivity (Wildman–Crippen MR) is 120 cm³/mol. The van der Waals surface area contributed by atoms with Gasteiger partial charge in [0.2, 0.25) is 0 Å². The van der Waals surface area contributed by atoms with Gasteiger partial charge < -0.3 is 10.1 Å². The molecule has 29 heavy (non-hydrogen) atoms. The van der Waals surface area contributed by atoms with E-state index in [0.717, 1.165) is 22.6 Å². The topological polar surface area (TPSA) is 41.6 Å². The van der Waals surface area contributed by atoms with Gasteiger partial charge in [0.1, 0.15) is 18.1 Å². The number of benzene rings is 3. The van der Waals surface area contributed by atoms with Crippen molar-refractivity contribution in [3.05, 3.63) is 101 Å². The standard InChI is InChI=1S/C24H20N2O2S/c1-17-7-9-19(10-8-17)16-28-21-13-11-18(12-14-21)15-22-23(27)26(24(29)25-22)20-5-3-2-4-6-20/h2-15H,16H2,1H3,(H,25,29)/b22-15-. The van der Waals surface area contributed by atoms with Gasteiger partial charge in [0, 0.05) is 0 Å². The third-order valence-electron chi connectivity index (χ3n) is 4.61. The van der Waals surface area contributed by atoms with Gasteiger partial charge in [-0.15, -0.1) is 0 Å². The molecule has 3 aromatic rings. The first-order valence-electron chi connectivity index (χ1n) is 9.31. The minimum atomic E-state index is -0.166. The molecule has 0 unspecified atom stereocenters. The molecule has 0 aliphatic carbocycles. The minimum Gasteiger partial charge on any atom is -0.489 e. The Morgan fingerprint density at radius 1 is 0.966 bits per heavy atom. The molecule has 5 heteroatoms. The van der Waals surface area contributed by atoms with Gasteiger partial charge in [0.25, 0.3) is 5.91 Å². The Kier molecular flexibility index (Phi) is 5.40. The predicted octanol–water partition coefficient (Wildman–Crippen LogP) is 4.84. The summed E-state index contributed by atoms with van der Waals surface area (Å²) >= 11 is 5.34. The molecule has 1 N–H and O–H groups in total. The molecule has 1 aliphatic heterocycles. The van der Waals surface area contributed by atoms with E-state index < -0.39 is 0 Å². The van der Waals surface area contributed by atoms with Crippen LogP contribution in [0.4, 0.5) is 5.69 Å². The zero-order chi connectivity index (χ0) is 20.2. The molecule has 1 saturated heterocycles. The van der Waals surface area contributed by atoms with Gasteiger partial charge in [-0.05, 0) is 60.6 Å². The molecule has 0 aromatic heterocycles. The Balaban J connectivity index is 1.44. The summed E-state index contributed by atoms with van der Waals surface area (Å²) in [7, 11) is 0. The van der Waals surface area contributed by atoms with Gasteiger partial charge in [0.15, 0.2) is 5.11 Å². The Morgan fingerprint density at radius 3 is 2.34 bits per heavy atom. The summed E-state index contributed by atoms with van der Waals surface area (Å²) in [4.78, 5) is 14.3. The largest absolute Gasteiger partial charge is 0.489 e. The van der Waals surface area contributed by atoms with Crippen LogP contribution in [0, 0.1) is 6.92 Å². The smallest absolute Gasteiger partial charge is 0.281 e. The van der Waals surface area contributed by atoms with Crippen molar-refractivity contribution in [2.24, 2.45) is 0 Å². The van der Waals surface area contributed by atoms with Crippen molar-refractivity contribution in [1.29, 1.82) is 0 Å². The van der Waals surface area contributed by atoms with Crippen molar-refractivity contribution >= 4 is 35.0 Å². The van der Waals surface area contributed by atoms with Crippen LogP contribution >= 0.6 is 12.2 Å². The number of thiocarbonyl (C=S) groups is 1. The third kappa shape index (κ3) is 4.36. The normalized spacial score (nSPS) is 14.9. The van der Waals surface area contributed by atoms with Gasteiger partial charge in [-0.2, -0.15) is 0 Å². The second-order valence-electron chi connectivity index (χ2n) is 6.81. The van der Waals surface area contributed by atoms with Gasteiger partial charge in [-0.25, -0.2) is 0 Å². The summed E-state index contributed by atoms with van der Waals surface area (Å²) in [5.74, 6) is 0.612. The number of carbonyl (C=O) groups excluding carboxylic acids is 1. The zero-order valence-corrected chi connectivity index (χ0v) is 16.8. The Morgan fingerprint density at radius 2 is 1.66 bits per heavy atom. The number of aryl methyl sites for hydroxylation is 1. The summed E-state index contributed by atoms with van der Waals surface area (Å²) in [5, 5.41) is 3.38. The number of nitrogens with one attached hydrogen (secondary N) is 1. The van der Waals surface area contributed by atoms with Crippen LogP contribution in [0.15, 0.2) is 84.6 Å². The van der Waals surface area contributed by atoms with Gasteiger partial charge >= 0.3 is 0 Å². The van der Waals surface area contributed by atoms with E-state index in [0.29, 0.717) is 17.4 Å². The number of rotatable bonds is 5. The van der Waals surface area contributed by atoms with Crippen molar-refractivity contribution < 1.29 is 9.53 Å². The lowest BCUT2D eigenvalue weighted by atomic mass is 10.1. The van der Waals surface area contributed by atoms with Crippen LogP contribution in [0.3, 0.4) is 0 Å². The molecule has 144 valence electrons. The summed E-state index contributed by atoms with van der Waals surface area (Å²) in [6.07, 6.45) is 1.79. The van der Waals surface area contributed by atoms with Crippen LogP contribution in [0.1, 0.15) is 16.7 Å². The van der Waals surface area contributed by atoms with Crippen LogP contribution in [-0.2, 0) is 11.4 Å². The number of para-hydroxylation sites is 1. The average molecular weight is 401 g/mol. The zero-order valence-electron chi connectivity index (χ0n) is 16.0. The molecule has 1 aliphatic rings. The molecule has 0 atom stereocenters. The molecule has 4 nitrogen and oxygen atoms in total. The molecule has 0 saturated carbocycles. The van der Waals surface area contributed by atoms with Gasteiger partial charge in [-0.1, -0.05) is 60.2 Å². The highest BCUT2D eigenvalue weighted by molar-refractivity contribution is 7.80. The molecule has 1 heterocycles. The SMILES string of the molecule is Cc1ccc(COc2ccc(/C=C3\NC(=S)N(c4ccccc4)C3=O)cc2)cc1. The van der Waals surface area contributed by atoms with E-state index in [-0.39, 0.29) is 5.91 Å². The highest BCUT2D eigenvalue weighted by Crippen LogP contribution is 2.23. The first kappa shape index (κ1) is 18.9. The first-order valence-corrected chi connectivity index (χ1v) is 9.71. The Labute approximate surface area is 175 Å². The number of hydrogen-bond donors (Lipinski definition) is 1. The lowest BCUT2D eigenvalue weighted by molar-refractivity contribution is -0.113. The van der Waals surface area contributed by atoms with Crippen molar-refractivity contribution in [2.45, 2.75) is 13.5 Å². The fourth-order valence-corrected chi connectivity index (χ4v) is 3.32. The van der Waals surface area contributed by atoms with Crippen LogP contribution in [0.2, 0.25) is 0 Å². The van der Waals surface area contributed by atoms with E-state index in [4.69, 9.17) is 17.0 Å². The summed E-state index contributed by atoms with van der Waals surface area (Å²) < 4.78 is 5.84. The maximum absolute atomic E-state index is 12.8. The maximum Gasteiger partial charge on any atom is 0.281 e. The number of anilines is 1. The minimum absolute atomic E-state index is 0.166. The quantitative estimate of drug-likeness (QED) is 0.492. The van der Waals surface area contributed by atoms with E-state index in [2.05, 4.69) is 36.5 Å². The number of ether oxygens (including phenoxy) is 1. The number of amides is 1. The van der Waals surface area contributed by atoms with Crippen molar-refractivity contribution in [3.63, 3.8) is 0 Å². The Hall–Kier alpha value is -3.44. The third-order valence-corrected chi connectivity index (χ3v) is 4.89. The second kappa shape index (κ2) is 8.29. The molecule has 0 spiro atoms. The highest BCUT2D eigenvalue weighted by atomic mass is 32.1. The molecular weight excluding hydrogens is 380 g/mol. The average Bonchev–Trinajstić information content (AvgIpc) is 3.02. The fraction of sp³-hybridized carbons (Fsp3) is 0.0833.